The van der Waals surface area contributed by atoms with Crippen LogP contribution in [0.15, 0.2) is 24.5 Å². The number of rotatable bonds is 3. The van der Waals surface area contributed by atoms with E-state index in [0.29, 0.717) is 0 Å². The predicted octanol–water partition coefficient (Wildman–Crippen LogP) is 2.02. The van der Waals surface area contributed by atoms with Crippen LogP contribution in [0.1, 0.15) is 0 Å². The second-order valence-corrected chi connectivity index (χ2v) is 1.99. The highest BCUT2D eigenvalue weighted by Crippen LogP contribution is 2.13. The topological polar surface area (TPSA) is 22.1 Å². The molecule has 0 aliphatic rings. The lowest BCUT2D eigenvalue weighted by Gasteiger charge is -2.08. The van der Waals surface area contributed by atoms with E-state index in [-0.39, 0.29) is 5.75 Å². The first kappa shape index (κ1) is 8.83. The van der Waals surface area contributed by atoms with Crippen molar-refractivity contribution >= 4 is 0 Å². The maximum Gasteiger partial charge on any atom is 0.304 e. The Hall–Kier alpha value is -1.26. The molecule has 66 valence electrons. The summed E-state index contributed by atoms with van der Waals surface area (Å²) in [6.45, 7) is 0. The van der Waals surface area contributed by atoms with Gasteiger partial charge in [-0.05, 0) is 12.1 Å². The van der Waals surface area contributed by atoms with Crippen LogP contribution in [0.5, 0.6) is 5.75 Å². The van der Waals surface area contributed by atoms with Gasteiger partial charge in [-0.1, -0.05) is 0 Å². The molecule has 1 atom stereocenters. The average Bonchev–Trinajstić information content (AvgIpc) is 2.06. The van der Waals surface area contributed by atoms with Crippen molar-refractivity contribution < 1.29 is 17.9 Å². The summed E-state index contributed by atoms with van der Waals surface area (Å²) in [4.78, 5) is 3.56. The highest BCUT2D eigenvalue weighted by molar-refractivity contribution is 5.15. The normalized spacial score (nSPS) is 13.0. The Morgan fingerprint density at radius 2 is 2.08 bits per heavy atom. The van der Waals surface area contributed by atoms with Crippen molar-refractivity contribution in [3.05, 3.63) is 24.5 Å². The molecule has 12 heavy (non-hydrogen) atoms. The summed E-state index contributed by atoms with van der Waals surface area (Å²) in [5, 5.41) is 0. The van der Waals surface area contributed by atoms with Gasteiger partial charge in [0, 0.05) is 6.20 Å². The molecule has 1 aromatic rings. The van der Waals surface area contributed by atoms with Gasteiger partial charge in [0.25, 0.3) is 6.36 Å². The van der Waals surface area contributed by atoms with Crippen LogP contribution in [0.3, 0.4) is 0 Å². The molecule has 0 bridgehead atoms. The maximum absolute atomic E-state index is 12.2. The first-order chi connectivity index (χ1) is 5.70. The Kier molecular flexibility index (Phi) is 2.90. The summed E-state index contributed by atoms with van der Waals surface area (Å²) in [5.41, 5.74) is 0. The van der Waals surface area contributed by atoms with E-state index in [2.05, 4.69) is 9.72 Å². The van der Waals surface area contributed by atoms with E-state index >= 15 is 0 Å². The first-order valence-corrected chi connectivity index (χ1v) is 3.19. The third-order valence-electron chi connectivity index (χ3n) is 1.08. The van der Waals surface area contributed by atoms with Gasteiger partial charge in [-0.3, -0.25) is 4.98 Å². The third kappa shape index (κ3) is 2.41. The Balaban J connectivity index is 2.53. The fourth-order valence-corrected chi connectivity index (χ4v) is 0.598. The van der Waals surface area contributed by atoms with Crippen LogP contribution in [0, 0.1) is 0 Å². The number of aromatic nitrogens is 1. The minimum absolute atomic E-state index is 0.00898. The zero-order chi connectivity index (χ0) is 8.97. The van der Waals surface area contributed by atoms with E-state index in [1.54, 1.807) is 0 Å². The standard InChI is InChI=1S/C7H6F3NO/c8-6(9)7(10)12-5-2-1-3-11-4-5/h1-4,6-7H. The Labute approximate surface area is 67.0 Å². The largest absolute Gasteiger partial charge is 0.453 e. The summed E-state index contributed by atoms with van der Waals surface area (Å²) < 4.78 is 39.6. The van der Waals surface area contributed by atoms with Gasteiger partial charge in [-0.15, -0.1) is 0 Å². The molecule has 0 aromatic carbocycles. The van der Waals surface area contributed by atoms with Gasteiger partial charge in [0.2, 0.25) is 0 Å². The van der Waals surface area contributed by atoms with Crippen LogP contribution in [0.4, 0.5) is 13.2 Å². The summed E-state index contributed by atoms with van der Waals surface area (Å²) in [5.74, 6) is -0.00898. The van der Waals surface area contributed by atoms with Crippen LogP contribution in [-0.2, 0) is 0 Å². The van der Waals surface area contributed by atoms with Crippen molar-refractivity contribution in [2.24, 2.45) is 0 Å². The van der Waals surface area contributed by atoms with E-state index in [1.165, 1.54) is 18.3 Å². The minimum atomic E-state index is -3.13. The Bertz CT molecular complexity index is 229. The van der Waals surface area contributed by atoms with Gasteiger partial charge in [0.05, 0.1) is 6.20 Å². The monoisotopic (exact) mass is 177 g/mol. The number of ether oxygens (including phenoxy) is 1. The minimum Gasteiger partial charge on any atom is -0.453 e. The average molecular weight is 177 g/mol. The molecule has 0 aliphatic carbocycles. The van der Waals surface area contributed by atoms with Crippen molar-refractivity contribution in [1.29, 1.82) is 0 Å². The summed E-state index contributed by atoms with van der Waals surface area (Å²) in [7, 11) is 0. The number of pyridine rings is 1. The molecule has 0 saturated carbocycles. The molecule has 1 rings (SSSR count). The fraction of sp³-hybridized carbons (Fsp3) is 0.286. The zero-order valence-corrected chi connectivity index (χ0v) is 5.95. The van der Waals surface area contributed by atoms with Gasteiger partial charge < -0.3 is 4.74 Å². The smallest absolute Gasteiger partial charge is 0.304 e. The zero-order valence-electron chi connectivity index (χ0n) is 5.95. The quantitative estimate of drug-likeness (QED) is 0.704. The Morgan fingerprint density at radius 1 is 1.33 bits per heavy atom. The number of hydrogen-bond acceptors (Lipinski definition) is 2. The maximum atomic E-state index is 12.2. The van der Waals surface area contributed by atoms with Crippen molar-refractivity contribution in [1.82, 2.24) is 4.98 Å². The van der Waals surface area contributed by atoms with Crippen molar-refractivity contribution in [2.45, 2.75) is 12.8 Å². The third-order valence-corrected chi connectivity index (χ3v) is 1.08. The number of alkyl halides is 3. The highest BCUT2D eigenvalue weighted by Gasteiger charge is 2.20. The SMILES string of the molecule is FC(F)C(F)Oc1cccnc1. The van der Waals surface area contributed by atoms with Crippen molar-refractivity contribution in [3.63, 3.8) is 0 Å². The number of hydrogen-bond donors (Lipinski definition) is 0. The van der Waals surface area contributed by atoms with Crippen LogP contribution < -0.4 is 4.74 Å². The van der Waals surface area contributed by atoms with Gasteiger partial charge in [0.1, 0.15) is 5.75 Å². The molecule has 0 saturated heterocycles. The number of halogens is 3. The van der Waals surface area contributed by atoms with E-state index in [4.69, 9.17) is 0 Å². The van der Waals surface area contributed by atoms with Crippen LogP contribution >= 0.6 is 0 Å². The van der Waals surface area contributed by atoms with E-state index in [9.17, 15) is 13.2 Å². The molecule has 1 unspecified atom stereocenters. The van der Waals surface area contributed by atoms with Gasteiger partial charge in [-0.2, -0.15) is 4.39 Å². The summed E-state index contributed by atoms with van der Waals surface area (Å²) >= 11 is 0. The molecule has 0 fully saturated rings. The predicted molar refractivity (Wildman–Crippen MR) is 35.8 cm³/mol. The molecule has 2 nitrogen and oxygen atoms in total. The summed E-state index contributed by atoms with van der Waals surface area (Å²) in [6.07, 6.45) is -3.13. The number of nitrogens with zero attached hydrogens (tertiary/aromatic N) is 1. The van der Waals surface area contributed by atoms with Crippen LogP contribution in [0.25, 0.3) is 0 Å². The van der Waals surface area contributed by atoms with Crippen LogP contribution in [0.2, 0.25) is 0 Å². The molecule has 0 spiro atoms. The molecular formula is C7H6F3NO. The molecule has 0 N–H and O–H groups in total. The lowest BCUT2D eigenvalue weighted by atomic mass is 10.5. The second-order valence-electron chi connectivity index (χ2n) is 1.99. The van der Waals surface area contributed by atoms with Crippen molar-refractivity contribution in [3.8, 4) is 5.75 Å². The molecule has 0 radical (unpaired) electrons. The molecular weight excluding hydrogens is 171 g/mol. The Morgan fingerprint density at radius 3 is 2.58 bits per heavy atom. The van der Waals surface area contributed by atoms with E-state index in [0.717, 1.165) is 6.20 Å². The molecule has 1 aromatic heterocycles. The fourth-order valence-electron chi connectivity index (χ4n) is 0.598. The van der Waals surface area contributed by atoms with Crippen molar-refractivity contribution in [2.75, 3.05) is 0 Å². The first-order valence-electron chi connectivity index (χ1n) is 3.19. The second kappa shape index (κ2) is 3.94. The molecule has 5 heteroatoms. The van der Waals surface area contributed by atoms with Gasteiger partial charge in [-0.25, -0.2) is 8.78 Å². The molecule has 0 aliphatic heterocycles. The molecule has 0 amide bonds. The highest BCUT2D eigenvalue weighted by atomic mass is 19.3. The lowest BCUT2D eigenvalue weighted by Crippen LogP contribution is -2.19. The lowest BCUT2D eigenvalue weighted by molar-refractivity contribution is -0.0670. The van der Waals surface area contributed by atoms with E-state index in [1.807, 2.05) is 0 Å². The van der Waals surface area contributed by atoms with Gasteiger partial charge >= 0.3 is 6.43 Å². The van der Waals surface area contributed by atoms with E-state index < -0.39 is 12.8 Å². The summed E-state index contributed by atoms with van der Waals surface area (Å²) in [6, 6.07) is 2.81. The van der Waals surface area contributed by atoms with Gasteiger partial charge in [0.15, 0.2) is 0 Å². The van der Waals surface area contributed by atoms with Crippen LogP contribution in [-0.4, -0.2) is 17.8 Å². The molecule has 1 heterocycles.